The average molecular weight is 370 g/mol. The van der Waals surface area contributed by atoms with Crippen LogP contribution in [0.15, 0.2) is 41.7 Å². The molecule has 0 aliphatic heterocycles. The summed E-state index contributed by atoms with van der Waals surface area (Å²) in [6, 6.07) is 7.39. The van der Waals surface area contributed by atoms with E-state index in [4.69, 9.17) is 4.74 Å². The average Bonchev–Trinajstić information content (AvgIpc) is 2.67. The van der Waals surface area contributed by atoms with E-state index in [0.717, 1.165) is 12.8 Å². The number of hydrogen-bond donors (Lipinski definition) is 2. The number of amides is 1. The van der Waals surface area contributed by atoms with Crippen LogP contribution in [0.5, 0.6) is 5.75 Å². The Morgan fingerprint density at radius 2 is 2.22 bits per heavy atom. The molecular formula is C20H26N4O3. The molecule has 0 fully saturated rings. The van der Waals surface area contributed by atoms with Crippen LogP contribution < -0.4 is 15.6 Å². The van der Waals surface area contributed by atoms with Gasteiger partial charge in [0, 0.05) is 24.4 Å². The van der Waals surface area contributed by atoms with Gasteiger partial charge in [-0.2, -0.15) is 0 Å². The normalized spacial score (nSPS) is 11.6. The van der Waals surface area contributed by atoms with E-state index < -0.39 is 0 Å². The molecule has 0 saturated carbocycles. The third-order valence-corrected chi connectivity index (χ3v) is 4.07. The number of nitrogens with one attached hydrogen (secondary N) is 2. The number of aromatic nitrogens is 3. The lowest BCUT2D eigenvalue weighted by atomic mass is 10.2. The molecule has 0 radical (unpaired) electrons. The van der Waals surface area contributed by atoms with Crippen molar-refractivity contribution in [2.75, 3.05) is 6.61 Å². The molecule has 0 bridgehead atoms. The minimum Gasteiger partial charge on any atom is -0.493 e. The van der Waals surface area contributed by atoms with E-state index in [1.165, 1.54) is 0 Å². The van der Waals surface area contributed by atoms with Gasteiger partial charge < -0.3 is 15.0 Å². The summed E-state index contributed by atoms with van der Waals surface area (Å²) >= 11 is 0. The van der Waals surface area contributed by atoms with Crippen molar-refractivity contribution in [2.24, 2.45) is 0 Å². The van der Waals surface area contributed by atoms with Gasteiger partial charge in [0.25, 0.3) is 5.56 Å². The molecule has 1 aromatic heterocycles. The summed E-state index contributed by atoms with van der Waals surface area (Å²) in [6.07, 6.45) is 3.84. The van der Waals surface area contributed by atoms with Gasteiger partial charge in [-0.25, -0.2) is 0 Å². The molecular weight excluding hydrogens is 344 g/mol. The highest BCUT2D eigenvalue weighted by Crippen LogP contribution is 2.20. The van der Waals surface area contributed by atoms with E-state index >= 15 is 0 Å². The predicted octanol–water partition coefficient (Wildman–Crippen LogP) is 2.63. The summed E-state index contributed by atoms with van der Waals surface area (Å²) in [6.45, 7) is 8.13. The first-order valence-electron chi connectivity index (χ1n) is 9.12. The van der Waals surface area contributed by atoms with E-state index in [2.05, 4.69) is 27.1 Å². The molecule has 0 aliphatic carbocycles. The SMILES string of the molecule is C=CCCOc1cccc(-c2nnc(CCC(=O)N[C@H](C)CC)c(=O)[nH]2)c1. The molecule has 7 nitrogen and oxygen atoms in total. The number of aryl methyl sites for hydroxylation is 1. The molecule has 144 valence electrons. The minimum atomic E-state index is -0.339. The predicted molar refractivity (Wildman–Crippen MR) is 105 cm³/mol. The summed E-state index contributed by atoms with van der Waals surface area (Å²) < 4.78 is 5.61. The van der Waals surface area contributed by atoms with Gasteiger partial charge in [-0.15, -0.1) is 16.8 Å². The van der Waals surface area contributed by atoms with Crippen molar-refractivity contribution in [1.29, 1.82) is 0 Å². The number of benzene rings is 1. The Hall–Kier alpha value is -2.96. The highest BCUT2D eigenvalue weighted by atomic mass is 16.5. The number of rotatable bonds is 10. The molecule has 0 aliphatic rings. The number of H-pyrrole nitrogens is 1. The van der Waals surface area contributed by atoms with E-state index in [1.54, 1.807) is 12.1 Å². The van der Waals surface area contributed by atoms with Gasteiger partial charge in [0.1, 0.15) is 11.4 Å². The summed E-state index contributed by atoms with van der Waals surface area (Å²) in [5.74, 6) is 0.948. The van der Waals surface area contributed by atoms with Crippen LogP contribution in [0.3, 0.4) is 0 Å². The first-order chi connectivity index (χ1) is 13.0. The van der Waals surface area contributed by atoms with E-state index in [9.17, 15) is 9.59 Å². The van der Waals surface area contributed by atoms with Crippen molar-refractivity contribution >= 4 is 5.91 Å². The van der Waals surface area contributed by atoms with Crippen LogP contribution in [0.4, 0.5) is 0 Å². The molecule has 1 aromatic carbocycles. The van der Waals surface area contributed by atoms with E-state index in [-0.39, 0.29) is 36.0 Å². The molecule has 1 amide bonds. The standard InChI is InChI=1S/C20H26N4O3/c1-4-6-12-27-16-9-7-8-15(13-16)19-22-20(26)17(23-24-19)10-11-18(25)21-14(3)5-2/h4,7-9,13-14H,1,5-6,10-12H2,2-3H3,(H,21,25)(H,22,24,26)/t14-/m1/s1. The Morgan fingerprint density at radius 1 is 1.41 bits per heavy atom. The van der Waals surface area contributed by atoms with Gasteiger partial charge in [0.05, 0.1) is 6.61 Å². The second-order valence-electron chi connectivity index (χ2n) is 6.28. The van der Waals surface area contributed by atoms with Crippen LogP contribution in [0.2, 0.25) is 0 Å². The summed E-state index contributed by atoms with van der Waals surface area (Å²) in [5.41, 5.74) is 0.613. The number of nitrogens with zero attached hydrogens (tertiary/aromatic N) is 2. The third-order valence-electron chi connectivity index (χ3n) is 4.07. The topological polar surface area (TPSA) is 97.0 Å². The van der Waals surface area contributed by atoms with Crippen molar-refractivity contribution < 1.29 is 9.53 Å². The molecule has 1 heterocycles. The number of carbonyl (C=O) groups is 1. The summed E-state index contributed by atoms with van der Waals surface area (Å²) in [5, 5.41) is 11.0. The van der Waals surface area contributed by atoms with Gasteiger partial charge in [-0.3, -0.25) is 9.59 Å². The maximum absolute atomic E-state index is 12.3. The molecule has 7 heteroatoms. The minimum absolute atomic E-state index is 0.0981. The maximum Gasteiger partial charge on any atom is 0.273 e. The monoisotopic (exact) mass is 370 g/mol. The van der Waals surface area contributed by atoms with Crippen LogP contribution in [0.25, 0.3) is 11.4 Å². The first kappa shape index (κ1) is 20.4. The number of ether oxygens (including phenoxy) is 1. The molecule has 0 unspecified atom stereocenters. The number of hydrogen-bond acceptors (Lipinski definition) is 5. The van der Waals surface area contributed by atoms with Gasteiger partial charge in [-0.1, -0.05) is 25.1 Å². The second kappa shape index (κ2) is 10.3. The van der Waals surface area contributed by atoms with Crippen LogP contribution in [0.1, 0.15) is 38.8 Å². The van der Waals surface area contributed by atoms with Crippen molar-refractivity contribution in [3.63, 3.8) is 0 Å². The smallest absolute Gasteiger partial charge is 0.273 e. The third kappa shape index (κ3) is 6.36. The molecule has 0 saturated heterocycles. The fraction of sp³-hybridized carbons (Fsp3) is 0.400. The fourth-order valence-corrected chi connectivity index (χ4v) is 2.33. The zero-order valence-electron chi connectivity index (χ0n) is 15.8. The quantitative estimate of drug-likeness (QED) is 0.495. The van der Waals surface area contributed by atoms with Crippen LogP contribution in [-0.4, -0.2) is 33.7 Å². The van der Waals surface area contributed by atoms with E-state index in [1.807, 2.05) is 32.0 Å². The largest absolute Gasteiger partial charge is 0.493 e. The fourth-order valence-electron chi connectivity index (χ4n) is 2.33. The second-order valence-corrected chi connectivity index (χ2v) is 6.28. The van der Waals surface area contributed by atoms with Gasteiger partial charge in [-0.05, 0) is 31.9 Å². The lowest BCUT2D eigenvalue weighted by molar-refractivity contribution is -0.121. The highest BCUT2D eigenvalue weighted by molar-refractivity contribution is 5.76. The Bertz CT molecular complexity index is 832. The molecule has 1 atom stereocenters. The zero-order chi connectivity index (χ0) is 19.6. The first-order valence-corrected chi connectivity index (χ1v) is 9.12. The lowest BCUT2D eigenvalue weighted by Gasteiger charge is -2.10. The lowest BCUT2D eigenvalue weighted by Crippen LogP contribution is -2.32. The van der Waals surface area contributed by atoms with Gasteiger partial charge in [0.15, 0.2) is 5.82 Å². The van der Waals surface area contributed by atoms with E-state index in [0.29, 0.717) is 23.7 Å². The zero-order valence-corrected chi connectivity index (χ0v) is 15.8. The summed E-state index contributed by atoms with van der Waals surface area (Å²) in [4.78, 5) is 26.8. The van der Waals surface area contributed by atoms with Crippen molar-refractivity contribution in [1.82, 2.24) is 20.5 Å². The number of carbonyl (C=O) groups excluding carboxylic acids is 1. The Kier molecular flexibility index (Phi) is 7.73. The van der Waals surface area contributed by atoms with Crippen molar-refractivity contribution in [3.05, 3.63) is 53.0 Å². The maximum atomic E-state index is 12.3. The number of aromatic amines is 1. The Balaban J connectivity index is 2.04. The molecule has 2 rings (SSSR count). The van der Waals surface area contributed by atoms with Crippen LogP contribution in [-0.2, 0) is 11.2 Å². The van der Waals surface area contributed by atoms with Crippen LogP contribution in [0, 0.1) is 0 Å². The molecule has 0 spiro atoms. The summed E-state index contributed by atoms with van der Waals surface area (Å²) in [7, 11) is 0. The van der Waals surface area contributed by atoms with Gasteiger partial charge in [0.2, 0.25) is 5.91 Å². The highest BCUT2D eigenvalue weighted by Gasteiger charge is 2.11. The Morgan fingerprint density at radius 3 is 2.93 bits per heavy atom. The van der Waals surface area contributed by atoms with Crippen molar-refractivity contribution in [3.8, 4) is 17.1 Å². The molecule has 27 heavy (non-hydrogen) atoms. The molecule has 2 aromatic rings. The van der Waals surface area contributed by atoms with Gasteiger partial charge >= 0.3 is 0 Å². The molecule has 2 N–H and O–H groups in total. The van der Waals surface area contributed by atoms with Crippen molar-refractivity contribution in [2.45, 2.75) is 45.6 Å². The van der Waals surface area contributed by atoms with Crippen LogP contribution >= 0.6 is 0 Å². The Labute approximate surface area is 158 Å².